The van der Waals surface area contributed by atoms with Crippen molar-refractivity contribution in [2.45, 2.75) is 40.0 Å². The molecule has 0 amide bonds. The van der Waals surface area contributed by atoms with Crippen molar-refractivity contribution >= 4 is 0 Å². The number of hydrogen-bond donors (Lipinski definition) is 0. The average Bonchev–Trinajstić information content (AvgIpc) is 2.87. The summed E-state index contributed by atoms with van der Waals surface area (Å²) in [5.41, 5.74) is 2.00. The van der Waals surface area contributed by atoms with Gasteiger partial charge >= 0.3 is 0 Å². The number of rotatable bonds is 5. The van der Waals surface area contributed by atoms with Crippen LogP contribution in [0.5, 0.6) is 0 Å². The van der Waals surface area contributed by atoms with Crippen LogP contribution in [-0.4, -0.2) is 10.1 Å². The number of nitriles is 1. The highest BCUT2D eigenvalue weighted by molar-refractivity contribution is 5.58. The van der Waals surface area contributed by atoms with Gasteiger partial charge in [0.2, 0.25) is 11.7 Å². The van der Waals surface area contributed by atoms with E-state index in [0.29, 0.717) is 24.6 Å². The number of benzene rings is 1. The molecule has 1 unspecified atom stereocenters. The van der Waals surface area contributed by atoms with Crippen LogP contribution in [0.2, 0.25) is 0 Å². The minimum atomic E-state index is -0.107. The standard InChI is InChI=1S/C16H19N3O/c1-4-16(3,9-10-17)11-14-18-15(19-20-14)13-8-6-5-7-12(13)2/h5-8H,4,9,11H2,1-3H3. The summed E-state index contributed by atoms with van der Waals surface area (Å²) in [6.45, 7) is 6.18. The summed E-state index contributed by atoms with van der Waals surface area (Å²) in [5, 5.41) is 13.0. The molecule has 0 fully saturated rings. The van der Waals surface area contributed by atoms with Crippen molar-refractivity contribution in [3.8, 4) is 17.5 Å². The van der Waals surface area contributed by atoms with Crippen molar-refractivity contribution in [2.24, 2.45) is 5.41 Å². The van der Waals surface area contributed by atoms with Crippen molar-refractivity contribution in [3.63, 3.8) is 0 Å². The third-order valence-electron chi connectivity index (χ3n) is 3.79. The molecule has 1 atom stereocenters. The molecule has 4 heteroatoms. The first-order valence-corrected chi connectivity index (χ1v) is 6.83. The van der Waals surface area contributed by atoms with Crippen molar-refractivity contribution in [2.75, 3.05) is 0 Å². The Morgan fingerprint density at radius 3 is 2.75 bits per heavy atom. The number of nitrogens with zero attached hydrogens (tertiary/aromatic N) is 3. The third-order valence-corrected chi connectivity index (χ3v) is 3.79. The van der Waals surface area contributed by atoms with Gasteiger partial charge in [-0.05, 0) is 24.3 Å². The largest absolute Gasteiger partial charge is 0.339 e. The van der Waals surface area contributed by atoms with Crippen LogP contribution >= 0.6 is 0 Å². The van der Waals surface area contributed by atoms with E-state index in [0.717, 1.165) is 17.5 Å². The molecule has 0 aliphatic rings. The summed E-state index contributed by atoms with van der Waals surface area (Å²) in [4.78, 5) is 4.47. The quantitative estimate of drug-likeness (QED) is 0.825. The van der Waals surface area contributed by atoms with E-state index in [4.69, 9.17) is 9.78 Å². The van der Waals surface area contributed by atoms with Crippen molar-refractivity contribution in [1.82, 2.24) is 10.1 Å². The van der Waals surface area contributed by atoms with Gasteiger partial charge in [-0.15, -0.1) is 0 Å². The van der Waals surface area contributed by atoms with Gasteiger partial charge in [0.1, 0.15) is 0 Å². The maximum absolute atomic E-state index is 8.91. The van der Waals surface area contributed by atoms with E-state index in [1.807, 2.05) is 31.2 Å². The molecule has 2 aromatic rings. The highest BCUT2D eigenvalue weighted by atomic mass is 16.5. The predicted molar refractivity (Wildman–Crippen MR) is 76.8 cm³/mol. The average molecular weight is 269 g/mol. The van der Waals surface area contributed by atoms with E-state index in [1.165, 1.54) is 0 Å². The van der Waals surface area contributed by atoms with Crippen molar-refractivity contribution < 1.29 is 4.52 Å². The molecule has 20 heavy (non-hydrogen) atoms. The Balaban J connectivity index is 2.22. The molecule has 0 aliphatic heterocycles. The van der Waals surface area contributed by atoms with Crippen molar-refractivity contribution in [1.29, 1.82) is 5.26 Å². The highest BCUT2D eigenvalue weighted by Crippen LogP contribution is 2.30. The van der Waals surface area contributed by atoms with Gasteiger partial charge in [-0.1, -0.05) is 43.3 Å². The van der Waals surface area contributed by atoms with Gasteiger partial charge in [0.25, 0.3) is 0 Å². The number of aryl methyl sites for hydroxylation is 1. The van der Waals surface area contributed by atoms with Gasteiger partial charge in [0.05, 0.1) is 6.07 Å². The second-order valence-electron chi connectivity index (χ2n) is 5.50. The minimum Gasteiger partial charge on any atom is -0.339 e. The molecule has 1 heterocycles. The van der Waals surface area contributed by atoms with Gasteiger partial charge in [-0.2, -0.15) is 10.2 Å². The molecular formula is C16H19N3O. The summed E-state index contributed by atoms with van der Waals surface area (Å²) in [5.74, 6) is 1.22. The molecule has 0 saturated carbocycles. The molecular weight excluding hydrogens is 250 g/mol. The Bertz CT molecular complexity index is 627. The second kappa shape index (κ2) is 5.87. The molecule has 0 saturated heterocycles. The van der Waals surface area contributed by atoms with Crippen molar-refractivity contribution in [3.05, 3.63) is 35.7 Å². The van der Waals surface area contributed by atoms with Crippen LogP contribution in [0.25, 0.3) is 11.4 Å². The summed E-state index contributed by atoms with van der Waals surface area (Å²) >= 11 is 0. The monoisotopic (exact) mass is 269 g/mol. The first kappa shape index (κ1) is 14.3. The lowest BCUT2D eigenvalue weighted by molar-refractivity contribution is 0.266. The maximum atomic E-state index is 8.91. The summed E-state index contributed by atoms with van der Waals surface area (Å²) < 4.78 is 5.35. The van der Waals surface area contributed by atoms with Gasteiger partial charge in [-0.3, -0.25) is 0 Å². The molecule has 104 valence electrons. The lowest BCUT2D eigenvalue weighted by Gasteiger charge is -2.22. The van der Waals surface area contributed by atoms with Crippen LogP contribution in [0.1, 0.15) is 38.1 Å². The van der Waals surface area contributed by atoms with Crippen LogP contribution in [-0.2, 0) is 6.42 Å². The molecule has 2 rings (SSSR count). The fourth-order valence-corrected chi connectivity index (χ4v) is 2.13. The second-order valence-corrected chi connectivity index (χ2v) is 5.50. The van der Waals surface area contributed by atoms with E-state index in [-0.39, 0.29) is 5.41 Å². The van der Waals surface area contributed by atoms with Crippen LogP contribution in [0, 0.1) is 23.7 Å². The molecule has 0 radical (unpaired) electrons. The topological polar surface area (TPSA) is 62.7 Å². The SMILES string of the molecule is CCC(C)(CC#N)Cc1nc(-c2ccccc2C)no1. The molecule has 0 N–H and O–H groups in total. The Labute approximate surface area is 119 Å². The molecule has 1 aromatic carbocycles. The van der Waals surface area contributed by atoms with Gasteiger partial charge in [-0.25, -0.2) is 0 Å². The number of aromatic nitrogens is 2. The van der Waals surface area contributed by atoms with E-state index < -0.39 is 0 Å². The van der Waals surface area contributed by atoms with Crippen LogP contribution in [0.15, 0.2) is 28.8 Å². The fraction of sp³-hybridized carbons (Fsp3) is 0.438. The first-order valence-electron chi connectivity index (χ1n) is 6.83. The van der Waals surface area contributed by atoms with Crippen LogP contribution in [0.4, 0.5) is 0 Å². The Morgan fingerprint density at radius 1 is 1.35 bits per heavy atom. The lowest BCUT2D eigenvalue weighted by atomic mass is 9.81. The van der Waals surface area contributed by atoms with Crippen LogP contribution in [0.3, 0.4) is 0 Å². The van der Waals surface area contributed by atoms with Gasteiger partial charge in [0, 0.05) is 18.4 Å². The molecule has 0 spiro atoms. The lowest BCUT2D eigenvalue weighted by Crippen LogP contribution is -2.18. The Hall–Kier alpha value is -2.15. The molecule has 0 aliphatic carbocycles. The summed E-state index contributed by atoms with van der Waals surface area (Å²) in [7, 11) is 0. The minimum absolute atomic E-state index is 0.107. The van der Waals surface area contributed by atoms with Crippen LogP contribution < -0.4 is 0 Å². The Morgan fingerprint density at radius 2 is 2.10 bits per heavy atom. The number of hydrogen-bond acceptors (Lipinski definition) is 4. The van der Waals surface area contributed by atoms with E-state index in [9.17, 15) is 0 Å². The zero-order valence-electron chi connectivity index (χ0n) is 12.2. The first-order chi connectivity index (χ1) is 9.58. The normalized spacial score (nSPS) is 13.7. The zero-order chi connectivity index (χ0) is 14.6. The molecule has 1 aromatic heterocycles. The van der Waals surface area contributed by atoms with E-state index in [2.05, 4.69) is 30.1 Å². The Kier molecular flexibility index (Phi) is 4.19. The summed E-state index contributed by atoms with van der Waals surface area (Å²) in [6, 6.07) is 10.2. The van der Waals surface area contributed by atoms with E-state index in [1.54, 1.807) is 0 Å². The zero-order valence-corrected chi connectivity index (χ0v) is 12.2. The molecule has 4 nitrogen and oxygen atoms in total. The highest BCUT2D eigenvalue weighted by Gasteiger charge is 2.25. The van der Waals surface area contributed by atoms with Gasteiger partial charge in [0.15, 0.2) is 0 Å². The third kappa shape index (κ3) is 3.05. The summed E-state index contributed by atoms with van der Waals surface area (Å²) in [6.07, 6.45) is 2.03. The molecule has 0 bridgehead atoms. The smallest absolute Gasteiger partial charge is 0.227 e. The predicted octanol–water partition coefficient (Wildman–Crippen LogP) is 3.92. The fourth-order valence-electron chi connectivity index (χ4n) is 2.13. The maximum Gasteiger partial charge on any atom is 0.227 e. The van der Waals surface area contributed by atoms with Gasteiger partial charge < -0.3 is 4.52 Å². The van der Waals surface area contributed by atoms with E-state index >= 15 is 0 Å².